The van der Waals surface area contributed by atoms with E-state index in [-0.39, 0.29) is 18.6 Å². The second-order valence-electron chi connectivity index (χ2n) is 7.91. The van der Waals surface area contributed by atoms with Gasteiger partial charge in [0.25, 0.3) is 0 Å². The first-order chi connectivity index (χ1) is 13.1. The van der Waals surface area contributed by atoms with Crippen molar-refractivity contribution in [3.05, 3.63) is 29.6 Å². The van der Waals surface area contributed by atoms with E-state index in [2.05, 4.69) is 5.32 Å². The summed E-state index contributed by atoms with van der Waals surface area (Å²) in [5, 5.41) is 3.03. The molecule has 1 fully saturated rings. The number of nitrogen functional groups attached to an aromatic ring is 1. The van der Waals surface area contributed by atoms with Crippen molar-refractivity contribution in [2.24, 2.45) is 10.9 Å². The third-order valence-electron chi connectivity index (χ3n) is 4.73. The Hall–Kier alpha value is -1.84. The van der Waals surface area contributed by atoms with Gasteiger partial charge in [-0.3, -0.25) is 5.32 Å². The number of hydrogen-bond donors (Lipinski definition) is 2. The van der Waals surface area contributed by atoms with Gasteiger partial charge in [-0.1, -0.05) is 11.8 Å². The molecule has 3 rings (SSSR count). The number of nitrogens with zero attached hydrogens (tertiary/aromatic N) is 1. The standard InChI is InChI=1S/C19H26FN3O4S/c1-18(2,3)27-17(24)22-16-23-19(12-7-11(21)5-6-14(12)20)10-26-8-15(25-4)13(19)9-28-16/h5-7,13,15H,8-10,21H2,1-4H3,(H,22,23,24)/t13?,15-,19?/m0/s1. The number of methoxy groups -OCH3 is 1. The molecule has 2 unspecified atom stereocenters. The summed E-state index contributed by atoms with van der Waals surface area (Å²) in [5.41, 5.74) is 5.00. The summed E-state index contributed by atoms with van der Waals surface area (Å²) in [5.74, 6) is 0.00799. The predicted molar refractivity (Wildman–Crippen MR) is 107 cm³/mol. The van der Waals surface area contributed by atoms with E-state index in [1.165, 1.54) is 23.9 Å². The number of halogens is 1. The first-order valence-electron chi connectivity index (χ1n) is 9.03. The fraction of sp³-hybridized carbons (Fsp3) is 0.579. The summed E-state index contributed by atoms with van der Waals surface area (Å²) >= 11 is 1.37. The Morgan fingerprint density at radius 3 is 2.89 bits per heavy atom. The molecular formula is C19H26FN3O4S. The van der Waals surface area contributed by atoms with Crippen molar-refractivity contribution in [3.63, 3.8) is 0 Å². The SMILES string of the molecule is CO[C@H]1COCC2(c3cc(N)ccc3F)N=C(NC(=O)OC(C)(C)C)SCC12. The molecule has 0 bridgehead atoms. The summed E-state index contributed by atoms with van der Waals surface area (Å²) in [4.78, 5) is 16.9. The lowest BCUT2D eigenvalue weighted by atomic mass is 9.75. The average Bonchev–Trinajstić information content (AvgIpc) is 2.61. The van der Waals surface area contributed by atoms with Gasteiger partial charge in [0, 0.05) is 30.0 Å². The van der Waals surface area contributed by atoms with Gasteiger partial charge < -0.3 is 19.9 Å². The van der Waals surface area contributed by atoms with E-state index in [4.69, 9.17) is 24.9 Å². The van der Waals surface area contributed by atoms with E-state index in [1.54, 1.807) is 33.9 Å². The number of nitrogens with two attached hydrogens (primary N) is 1. The number of hydrogen-bond acceptors (Lipinski definition) is 7. The Morgan fingerprint density at radius 2 is 2.21 bits per heavy atom. The molecule has 0 aromatic heterocycles. The number of ether oxygens (including phenoxy) is 3. The van der Waals surface area contributed by atoms with Crippen molar-refractivity contribution in [2.45, 2.75) is 38.0 Å². The van der Waals surface area contributed by atoms with Crippen LogP contribution in [0.5, 0.6) is 0 Å². The van der Waals surface area contributed by atoms with Crippen molar-refractivity contribution < 1.29 is 23.4 Å². The van der Waals surface area contributed by atoms with E-state index >= 15 is 0 Å². The van der Waals surface area contributed by atoms with Gasteiger partial charge in [-0.15, -0.1) is 0 Å². The Kier molecular flexibility index (Phi) is 5.88. The third-order valence-corrected chi connectivity index (χ3v) is 5.73. The van der Waals surface area contributed by atoms with Crippen LogP contribution in [0.4, 0.5) is 14.9 Å². The van der Waals surface area contributed by atoms with Crippen LogP contribution in [0.2, 0.25) is 0 Å². The van der Waals surface area contributed by atoms with Crippen molar-refractivity contribution >= 4 is 28.7 Å². The van der Waals surface area contributed by atoms with Gasteiger partial charge in [-0.05, 0) is 39.0 Å². The van der Waals surface area contributed by atoms with Gasteiger partial charge in [0.1, 0.15) is 17.0 Å². The van der Waals surface area contributed by atoms with Gasteiger partial charge in [-0.25, -0.2) is 14.2 Å². The zero-order valence-electron chi connectivity index (χ0n) is 16.5. The molecule has 2 heterocycles. The molecule has 0 aliphatic carbocycles. The van der Waals surface area contributed by atoms with Gasteiger partial charge in [0.05, 0.1) is 19.3 Å². The molecule has 2 aliphatic rings. The van der Waals surface area contributed by atoms with E-state index < -0.39 is 23.1 Å². The van der Waals surface area contributed by atoms with Crippen molar-refractivity contribution in [3.8, 4) is 0 Å². The monoisotopic (exact) mass is 411 g/mol. The number of aliphatic imine (C=N–C) groups is 1. The minimum Gasteiger partial charge on any atom is -0.444 e. The number of amidine groups is 1. The Morgan fingerprint density at radius 1 is 1.46 bits per heavy atom. The lowest BCUT2D eigenvalue weighted by molar-refractivity contribution is -0.102. The fourth-order valence-electron chi connectivity index (χ4n) is 3.50. The smallest absolute Gasteiger partial charge is 0.413 e. The number of amides is 1. The van der Waals surface area contributed by atoms with E-state index in [0.717, 1.165) is 0 Å². The number of fused-ring (bicyclic) bond motifs is 1. The van der Waals surface area contributed by atoms with Crippen LogP contribution in [0.1, 0.15) is 26.3 Å². The lowest BCUT2D eigenvalue weighted by Gasteiger charge is -2.47. The predicted octanol–water partition coefficient (Wildman–Crippen LogP) is 2.89. The summed E-state index contributed by atoms with van der Waals surface area (Å²) < 4.78 is 31.5. The summed E-state index contributed by atoms with van der Waals surface area (Å²) in [6.45, 7) is 5.90. The van der Waals surface area contributed by atoms with Crippen molar-refractivity contribution in [2.75, 3.05) is 31.8 Å². The second-order valence-corrected chi connectivity index (χ2v) is 8.92. The highest BCUT2D eigenvalue weighted by Crippen LogP contribution is 2.46. The number of benzene rings is 1. The summed E-state index contributed by atoms with van der Waals surface area (Å²) in [6, 6.07) is 4.41. The van der Waals surface area contributed by atoms with E-state index in [0.29, 0.717) is 28.8 Å². The summed E-state index contributed by atoms with van der Waals surface area (Å²) in [7, 11) is 1.60. The molecule has 154 valence electrons. The minimum absolute atomic E-state index is 0.142. The Labute approximate surface area is 168 Å². The van der Waals surface area contributed by atoms with Crippen LogP contribution < -0.4 is 11.1 Å². The number of nitrogens with one attached hydrogen (secondary N) is 1. The number of alkyl carbamates (subject to hydrolysis) is 1. The maximum atomic E-state index is 14.8. The first-order valence-corrected chi connectivity index (χ1v) is 10.0. The van der Waals surface area contributed by atoms with Gasteiger partial charge >= 0.3 is 6.09 Å². The van der Waals surface area contributed by atoms with Crippen LogP contribution in [0.25, 0.3) is 0 Å². The topological polar surface area (TPSA) is 95.2 Å². The van der Waals surface area contributed by atoms with Crippen molar-refractivity contribution in [1.29, 1.82) is 0 Å². The van der Waals surface area contributed by atoms with E-state index in [9.17, 15) is 9.18 Å². The largest absolute Gasteiger partial charge is 0.444 e. The maximum Gasteiger partial charge on any atom is 0.413 e. The van der Waals surface area contributed by atoms with Gasteiger partial charge in [-0.2, -0.15) is 0 Å². The molecule has 2 aliphatic heterocycles. The highest BCUT2D eigenvalue weighted by Gasteiger charge is 2.52. The number of anilines is 1. The normalized spacial score (nSPS) is 27.5. The molecule has 0 saturated carbocycles. The lowest BCUT2D eigenvalue weighted by Crippen LogP contribution is -2.55. The number of carbonyl (C=O) groups is 1. The van der Waals surface area contributed by atoms with Crippen molar-refractivity contribution in [1.82, 2.24) is 5.32 Å². The quantitative estimate of drug-likeness (QED) is 0.727. The molecule has 1 aromatic carbocycles. The number of thioether (sulfide) groups is 1. The summed E-state index contributed by atoms with van der Waals surface area (Å²) in [6.07, 6.45) is -0.866. The zero-order chi connectivity index (χ0) is 20.5. The average molecular weight is 411 g/mol. The Bertz CT molecular complexity index is 783. The van der Waals surface area contributed by atoms with Crippen LogP contribution in [-0.2, 0) is 19.7 Å². The van der Waals surface area contributed by atoms with Crippen LogP contribution in [-0.4, -0.2) is 49.0 Å². The molecule has 1 aromatic rings. The zero-order valence-corrected chi connectivity index (χ0v) is 17.3. The molecule has 0 spiro atoms. The third kappa shape index (κ3) is 4.26. The molecular weight excluding hydrogens is 385 g/mol. The highest BCUT2D eigenvalue weighted by atomic mass is 32.2. The highest BCUT2D eigenvalue weighted by molar-refractivity contribution is 8.13. The van der Waals surface area contributed by atoms with Gasteiger partial charge in [0.2, 0.25) is 0 Å². The fourth-order valence-corrected chi connectivity index (χ4v) is 4.71. The minimum atomic E-state index is -1.05. The van der Waals surface area contributed by atoms with E-state index in [1.807, 2.05) is 0 Å². The Balaban J connectivity index is 2.01. The molecule has 7 nitrogen and oxygen atoms in total. The molecule has 1 amide bonds. The molecule has 9 heteroatoms. The second kappa shape index (κ2) is 7.88. The van der Waals surface area contributed by atoms with Crippen LogP contribution in [0.3, 0.4) is 0 Å². The van der Waals surface area contributed by atoms with Gasteiger partial charge in [0.15, 0.2) is 5.17 Å². The molecule has 3 atom stereocenters. The van der Waals surface area contributed by atoms with Crippen LogP contribution in [0.15, 0.2) is 23.2 Å². The van der Waals surface area contributed by atoms with Crippen LogP contribution in [0, 0.1) is 11.7 Å². The molecule has 3 N–H and O–H groups in total. The molecule has 0 radical (unpaired) electrons. The molecule has 28 heavy (non-hydrogen) atoms. The first kappa shape index (κ1) is 20.9. The molecule has 1 saturated heterocycles. The maximum absolute atomic E-state index is 14.8. The van der Waals surface area contributed by atoms with Crippen LogP contribution >= 0.6 is 11.8 Å². The number of carbonyl (C=O) groups excluding carboxylic acids is 1. The number of rotatable bonds is 2.